The Kier molecular flexibility index (Phi) is 9.27. The zero-order chi connectivity index (χ0) is 25.4. The number of amides is 1. The monoisotopic (exact) mass is 579 g/mol. The fourth-order valence-corrected chi connectivity index (χ4v) is 4.92. The lowest BCUT2D eigenvalue weighted by Crippen LogP contribution is -2.39. The summed E-state index contributed by atoms with van der Waals surface area (Å²) in [6.45, 7) is 1.54. The van der Waals surface area contributed by atoms with Crippen LogP contribution in [0.15, 0.2) is 81.2 Å². The smallest absolute Gasteiger partial charge is 0.255 e. The van der Waals surface area contributed by atoms with Gasteiger partial charge in [0.15, 0.2) is 11.5 Å². The highest BCUT2D eigenvalue weighted by Crippen LogP contribution is 2.28. The number of carbonyl (C=O) groups is 1. The van der Waals surface area contributed by atoms with Crippen molar-refractivity contribution >= 4 is 49.7 Å². The van der Waals surface area contributed by atoms with Crippen LogP contribution in [0.25, 0.3) is 0 Å². The number of rotatable bonds is 10. The number of sulfonamides is 1. The Bertz CT molecular complexity index is 1320. The Morgan fingerprint density at radius 1 is 1.14 bits per heavy atom. The van der Waals surface area contributed by atoms with Crippen molar-refractivity contribution in [3.05, 3.63) is 87.4 Å². The topological polar surface area (TPSA) is 108 Å². The van der Waals surface area contributed by atoms with Crippen molar-refractivity contribution in [3.63, 3.8) is 0 Å². The average Bonchev–Trinajstić information content (AvgIpc) is 2.82. The van der Waals surface area contributed by atoms with Crippen LogP contribution in [0.5, 0.6) is 11.5 Å². The molecule has 0 atom stereocenters. The fraction of sp³-hybridized carbons (Fsp3) is 0.167. The zero-order valence-corrected chi connectivity index (χ0v) is 21.8. The van der Waals surface area contributed by atoms with Crippen LogP contribution in [-0.4, -0.2) is 43.1 Å². The van der Waals surface area contributed by atoms with Gasteiger partial charge in [0.25, 0.3) is 5.91 Å². The molecule has 0 aliphatic rings. The third kappa shape index (κ3) is 7.04. The van der Waals surface area contributed by atoms with Gasteiger partial charge in [-0.2, -0.15) is 9.41 Å². The van der Waals surface area contributed by atoms with E-state index in [0.29, 0.717) is 22.8 Å². The van der Waals surface area contributed by atoms with Crippen molar-refractivity contribution in [1.82, 2.24) is 9.73 Å². The number of phenolic OH excluding ortho intramolecular Hbond substituents is 1. The molecular weight excluding hydrogens is 558 g/mol. The minimum atomic E-state index is -4.04. The van der Waals surface area contributed by atoms with Gasteiger partial charge in [-0.15, -0.1) is 0 Å². The van der Waals surface area contributed by atoms with Crippen molar-refractivity contribution in [3.8, 4) is 11.5 Å². The number of ether oxygens (including phenoxy) is 1. The van der Waals surface area contributed by atoms with E-state index in [1.807, 2.05) is 0 Å². The lowest BCUT2D eigenvalue weighted by atomic mass is 10.2. The summed E-state index contributed by atoms with van der Waals surface area (Å²) < 4.78 is 33.7. The highest BCUT2D eigenvalue weighted by molar-refractivity contribution is 9.10. The normalized spacial score (nSPS) is 11.7. The molecule has 3 rings (SSSR count). The summed E-state index contributed by atoms with van der Waals surface area (Å²) in [5.41, 5.74) is 3.18. The molecule has 0 saturated carbocycles. The summed E-state index contributed by atoms with van der Waals surface area (Å²) in [7, 11) is -4.04. The predicted molar refractivity (Wildman–Crippen MR) is 138 cm³/mol. The van der Waals surface area contributed by atoms with Crippen LogP contribution in [0, 0.1) is 0 Å². The summed E-state index contributed by atoms with van der Waals surface area (Å²) in [5.74, 6) is -0.505. The number of aromatic hydroxyl groups is 1. The number of hydrazone groups is 1. The first-order chi connectivity index (χ1) is 16.7. The molecule has 0 aromatic heterocycles. The van der Waals surface area contributed by atoms with E-state index in [4.69, 9.17) is 16.3 Å². The number of hydrogen-bond donors (Lipinski definition) is 2. The molecule has 0 unspecified atom stereocenters. The molecule has 0 bridgehead atoms. The highest BCUT2D eigenvalue weighted by Gasteiger charge is 2.27. The molecule has 3 aromatic rings. The van der Waals surface area contributed by atoms with Gasteiger partial charge in [-0.3, -0.25) is 4.79 Å². The van der Waals surface area contributed by atoms with Gasteiger partial charge in [-0.25, -0.2) is 13.8 Å². The van der Waals surface area contributed by atoms with Crippen molar-refractivity contribution in [2.24, 2.45) is 5.10 Å². The van der Waals surface area contributed by atoms with Crippen LogP contribution < -0.4 is 10.2 Å². The Balaban J connectivity index is 1.80. The van der Waals surface area contributed by atoms with Crippen molar-refractivity contribution in [2.75, 3.05) is 13.2 Å². The molecule has 35 heavy (non-hydrogen) atoms. The molecule has 8 nitrogen and oxygen atoms in total. The molecule has 0 heterocycles. The minimum Gasteiger partial charge on any atom is -0.504 e. The van der Waals surface area contributed by atoms with Crippen LogP contribution in [0.1, 0.15) is 18.1 Å². The van der Waals surface area contributed by atoms with Crippen LogP contribution in [0.4, 0.5) is 0 Å². The molecule has 0 fully saturated rings. The summed E-state index contributed by atoms with van der Waals surface area (Å²) in [6, 6.07) is 17.8. The summed E-state index contributed by atoms with van der Waals surface area (Å²) in [5, 5.41) is 14.5. The molecule has 0 aliphatic carbocycles. The Labute approximate surface area is 217 Å². The summed E-state index contributed by atoms with van der Waals surface area (Å²) >= 11 is 9.52. The molecule has 184 valence electrons. The molecule has 0 saturated heterocycles. The molecular formula is C24H23BrClN3O5S. The average molecular weight is 581 g/mol. The van der Waals surface area contributed by atoms with Gasteiger partial charge in [0, 0.05) is 21.6 Å². The SMILES string of the molecule is CCOc1cccc(/C=N/NC(=O)CN(Cc2ccccc2Cl)S(=O)(=O)c2ccc(Br)cc2)c1O. The number of hydrogen-bond acceptors (Lipinski definition) is 6. The van der Waals surface area contributed by atoms with E-state index in [9.17, 15) is 18.3 Å². The number of nitrogens with one attached hydrogen (secondary N) is 1. The highest BCUT2D eigenvalue weighted by atomic mass is 79.9. The number of phenols is 1. The van der Waals surface area contributed by atoms with Gasteiger partial charge in [-0.05, 0) is 55.0 Å². The maximum absolute atomic E-state index is 13.3. The van der Waals surface area contributed by atoms with Crippen LogP contribution >= 0.6 is 27.5 Å². The first kappa shape index (κ1) is 26.7. The van der Waals surface area contributed by atoms with E-state index in [2.05, 4.69) is 26.5 Å². The Hall–Kier alpha value is -2.92. The third-order valence-corrected chi connectivity index (χ3v) is 7.50. The number of nitrogens with zero attached hydrogens (tertiary/aromatic N) is 2. The van der Waals surface area contributed by atoms with Crippen molar-refractivity contribution in [1.29, 1.82) is 0 Å². The molecule has 2 N–H and O–H groups in total. The Morgan fingerprint density at radius 3 is 2.54 bits per heavy atom. The maximum atomic E-state index is 13.3. The third-order valence-electron chi connectivity index (χ3n) is 4.80. The number of carbonyl (C=O) groups excluding carboxylic acids is 1. The number of benzene rings is 3. The second-order valence-electron chi connectivity index (χ2n) is 7.24. The van der Waals surface area contributed by atoms with Gasteiger partial charge >= 0.3 is 0 Å². The second kappa shape index (κ2) is 12.2. The molecule has 3 aromatic carbocycles. The molecule has 0 aliphatic heterocycles. The molecule has 0 spiro atoms. The van der Waals surface area contributed by atoms with E-state index in [1.54, 1.807) is 61.5 Å². The standard InChI is InChI=1S/C24H23BrClN3O5S/c1-2-34-22-9-5-7-17(24(22)31)14-27-28-23(30)16-29(15-18-6-3-4-8-21(18)26)35(32,33)20-12-10-19(25)11-13-20/h3-14,31H,2,15-16H2,1H3,(H,28,30)/b27-14+. The van der Waals surface area contributed by atoms with E-state index >= 15 is 0 Å². The first-order valence-corrected chi connectivity index (χ1v) is 13.1. The largest absolute Gasteiger partial charge is 0.504 e. The van der Waals surface area contributed by atoms with Gasteiger partial charge in [0.2, 0.25) is 10.0 Å². The molecule has 0 radical (unpaired) electrons. The summed E-state index contributed by atoms with van der Waals surface area (Å²) in [6.07, 6.45) is 1.25. The van der Waals surface area contributed by atoms with E-state index in [-0.39, 0.29) is 22.9 Å². The lowest BCUT2D eigenvalue weighted by Gasteiger charge is -2.22. The van der Waals surface area contributed by atoms with Gasteiger partial charge in [-0.1, -0.05) is 51.8 Å². The van der Waals surface area contributed by atoms with Crippen LogP contribution in [0.3, 0.4) is 0 Å². The van der Waals surface area contributed by atoms with Gasteiger partial charge < -0.3 is 9.84 Å². The zero-order valence-electron chi connectivity index (χ0n) is 18.7. The molecule has 1 amide bonds. The summed E-state index contributed by atoms with van der Waals surface area (Å²) in [4.78, 5) is 12.7. The van der Waals surface area contributed by atoms with Crippen molar-refractivity contribution in [2.45, 2.75) is 18.4 Å². The number of para-hydroxylation sites is 1. The Morgan fingerprint density at radius 2 is 1.86 bits per heavy atom. The van der Waals surface area contributed by atoms with E-state index in [0.717, 1.165) is 8.78 Å². The van der Waals surface area contributed by atoms with Gasteiger partial charge in [0.1, 0.15) is 0 Å². The molecule has 11 heteroatoms. The van der Waals surface area contributed by atoms with E-state index in [1.165, 1.54) is 18.3 Å². The van der Waals surface area contributed by atoms with Crippen LogP contribution in [0.2, 0.25) is 5.02 Å². The minimum absolute atomic E-state index is 0.0294. The van der Waals surface area contributed by atoms with Crippen molar-refractivity contribution < 1.29 is 23.1 Å². The fourth-order valence-electron chi connectivity index (χ4n) is 3.08. The quantitative estimate of drug-likeness (QED) is 0.270. The van der Waals surface area contributed by atoms with E-state index < -0.39 is 22.5 Å². The lowest BCUT2D eigenvalue weighted by molar-refractivity contribution is -0.121. The van der Waals surface area contributed by atoms with Gasteiger partial charge in [0.05, 0.1) is 24.3 Å². The first-order valence-electron chi connectivity index (χ1n) is 10.5. The number of halogens is 2. The van der Waals surface area contributed by atoms with Crippen LogP contribution in [-0.2, 0) is 21.4 Å². The predicted octanol–water partition coefficient (Wildman–Crippen LogP) is 4.55. The maximum Gasteiger partial charge on any atom is 0.255 e. The second-order valence-corrected chi connectivity index (χ2v) is 10.5.